The van der Waals surface area contributed by atoms with E-state index in [2.05, 4.69) is 10.5 Å². The van der Waals surface area contributed by atoms with Crippen LogP contribution in [0.25, 0.3) is 11.1 Å². The van der Waals surface area contributed by atoms with Crippen LogP contribution in [-0.4, -0.2) is 16.7 Å². The van der Waals surface area contributed by atoms with Crippen molar-refractivity contribution in [3.63, 3.8) is 0 Å². The number of phenols is 1. The number of carbonyl (C=O) groups is 1. The number of benzene rings is 3. The van der Waals surface area contributed by atoms with Crippen molar-refractivity contribution in [2.24, 2.45) is 5.10 Å². The molecule has 0 bridgehead atoms. The molecule has 2 N–H and O–H groups in total. The van der Waals surface area contributed by atoms with E-state index in [1.807, 2.05) is 48.5 Å². The number of hydrogen-bond donors (Lipinski definition) is 2. The van der Waals surface area contributed by atoms with Crippen LogP contribution >= 0.6 is 0 Å². The monoisotopic (exact) mass is 314 g/mol. The number of hydrogen-bond acceptors (Lipinski definition) is 3. The SMILES string of the molecule is O=C(NN=C1c2ccccc2-c2ccccc21)c1cccc(O)c1. The van der Waals surface area contributed by atoms with E-state index in [0.29, 0.717) is 5.56 Å². The fourth-order valence-electron chi connectivity index (χ4n) is 2.93. The van der Waals surface area contributed by atoms with Crippen LogP contribution in [0.15, 0.2) is 77.9 Å². The Morgan fingerprint density at radius 3 is 1.96 bits per heavy atom. The number of nitrogens with zero attached hydrogens (tertiary/aromatic N) is 1. The van der Waals surface area contributed by atoms with Gasteiger partial charge in [-0.3, -0.25) is 4.79 Å². The van der Waals surface area contributed by atoms with E-state index >= 15 is 0 Å². The van der Waals surface area contributed by atoms with E-state index in [1.54, 1.807) is 12.1 Å². The third-order valence-electron chi connectivity index (χ3n) is 4.03. The summed E-state index contributed by atoms with van der Waals surface area (Å²) in [5.74, 6) is -0.313. The van der Waals surface area contributed by atoms with Gasteiger partial charge in [0.15, 0.2) is 0 Å². The minimum absolute atomic E-state index is 0.0480. The predicted molar refractivity (Wildman–Crippen MR) is 93.1 cm³/mol. The lowest BCUT2D eigenvalue weighted by molar-refractivity contribution is 0.0954. The van der Waals surface area contributed by atoms with E-state index in [4.69, 9.17) is 0 Å². The molecule has 0 fully saturated rings. The van der Waals surface area contributed by atoms with Crippen LogP contribution in [0.2, 0.25) is 0 Å². The molecule has 0 aromatic heterocycles. The summed E-state index contributed by atoms with van der Waals surface area (Å²) < 4.78 is 0. The molecule has 3 aromatic rings. The van der Waals surface area contributed by atoms with E-state index in [-0.39, 0.29) is 11.7 Å². The second-order valence-electron chi connectivity index (χ2n) is 5.54. The average Bonchev–Trinajstić information content (AvgIpc) is 2.94. The van der Waals surface area contributed by atoms with Crippen molar-refractivity contribution in [3.8, 4) is 16.9 Å². The first-order chi connectivity index (χ1) is 11.7. The Bertz CT molecular complexity index is 929. The average molecular weight is 314 g/mol. The van der Waals surface area contributed by atoms with Crippen molar-refractivity contribution in [1.82, 2.24) is 5.43 Å². The topological polar surface area (TPSA) is 61.7 Å². The first-order valence-electron chi connectivity index (χ1n) is 7.60. The van der Waals surface area contributed by atoms with Crippen LogP contribution < -0.4 is 5.43 Å². The molecule has 0 saturated carbocycles. The highest BCUT2D eigenvalue weighted by Gasteiger charge is 2.24. The maximum absolute atomic E-state index is 12.2. The van der Waals surface area contributed by atoms with Crippen molar-refractivity contribution < 1.29 is 9.90 Å². The number of carbonyl (C=O) groups excluding carboxylic acids is 1. The molecule has 0 atom stereocenters. The number of fused-ring (bicyclic) bond motifs is 3. The highest BCUT2D eigenvalue weighted by Crippen LogP contribution is 2.36. The predicted octanol–water partition coefficient (Wildman–Crippen LogP) is 3.56. The van der Waals surface area contributed by atoms with Gasteiger partial charge in [0, 0.05) is 16.7 Å². The summed E-state index contributed by atoms with van der Waals surface area (Å²) in [5.41, 5.74) is 7.90. The quantitative estimate of drug-likeness (QED) is 0.556. The molecule has 0 unspecified atom stereocenters. The van der Waals surface area contributed by atoms with Gasteiger partial charge >= 0.3 is 0 Å². The smallest absolute Gasteiger partial charge is 0.271 e. The molecule has 1 aliphatic carbocycles. The summed E-state index contributed by atoms with van der Waals surface area (Å²) >= 11 is 0. The molecule has 0 heterocycles. The lowest BCUT2D eigenvalue weighted by atomic mass is 10.1. The lowest BCUT2D eigenvalue weighted by Gasteiger charge is -2.04. The molecule has 0 radical (unpaired) electrons. The van der Waals surface area contributed by atoms with Gasteiger partial charge in [0.25, 0.3) is 5.91 Å². The molecular formula is C20H14N2O2. The van der Waals surface area contributed by atoms with Crippen LogP contribution in [0.1, 0.15) is 21.5 Å². The molecule has 1 amide bonds. The number of rotatable bonds is 2. The zero-order valence-electron chi connectivity index (χ0n) is 12.7. The van der Waals surface area contributed by atoms with Crippen LogP contribution in [0.3, 0.4) is 0 Å². The van der Waals surface area contributed by atoms with Gasteiger partial charge < -0.3 is 5.11 Å². The molecule has 24 heavy (non-hydrogen) atoms. The van der Waals surface area contributed by atoms with Gasteiger partial charge in [-0.05, 0) is 29.3 Å². The van der Waals surface area contributed by atoms with Crippen molar-refractivity contribution in [2.45, 2.75) is 0 Å². The molecule has 0 spiro atoms. The van der Waals surface area contributed by atoms with Crippen LogP contribution in [0, 0.1) is 0 Å². The van der Waals surface area contributed by atoms with Gasteiger partial charge in [-0.2, -0.15) is 5.10 Å². The van der Waals surface area contributed by atoms with Crippen molar-refractivity contribution in [2.75, 3.05) is 0 Å². The summed E-state index contributed by atoms with van der Waals surface area (Å²) in [6.45, 7) is 0. The summed E-state index contributed by atoms with van der Waals surface area (Å²) in [5, 5.41) is 13.8. The Balaban J connectivity index is 1.71. The number of hydrazone groups is 1. The van der Waals surface area contributed by atoms with Gasteiger partial charge in [0.05, 0.1) is 5.71 Å². The van der Waals surface area contributed by atoms with Crippen LogP contribution in [0.5, 0.6) is 5.75 Å². The number of nitrogens with one attached hydrogen (secondary N) is 1. The van der Waals surface area contributed by atoms with Crippen LogP contribution in [-0.2, 0) is 0 Å². The molecule has 116 valence electrons. The minimum atomic E-state index is -0.361. The zero-order chi connectivity index (χ0) is 16.5. The first-order valence-corrected chi connectivity index (χ1v) is 7.60. The second kappa shape index (κ2) is 5.66. The van der Waals surface area contributed by atoms with Gasteiger partial charge in [-0.25, -0.2) is 5.43 Å². The third kappa shape index (κ3) is 2.34. The molecule has 1 aliphatic rings. The molecule has 4 nitrogen and oxygen atoms in total. The Morgan fingerprint density at radius 2 is 1.38 bits per heavy atom. The van der Waals surface area contributed by atoms with E-state index in [9.17, 15) is 9.90 Å². The summed E-state index contributed by atoms with van der Waals surface area (Å²) in [7, 11) is 0. The van der Waals surface area contributed by atoms with Gasteiger partial charge in [0.1, 0.15) is 5.75 Å². The fourth-order valence-corrected chi connectivity index (χ4v) is 2.93. The fraction of sp³-hybridized carbons (Fsp3) is 0. The maximum Gasteiger partial charge on any atom is 0.271 e. The Morgan fingerprint density at radius 1 is 0.792 bits per heavy atom. The summed E-state index contributed by atoms with van der Waals surface area (Å²) in [4.78, 5) is 12.2. The normalized spacial score (nSPS) is 11.6. The lowest BCUT2D eigenvalue weighted by Crippen LogP contribution is -2.19. The number of amides is 1. The molecular weight excluding hydrogens is 300 g/mol. The van der Waals surface area contributed by atoms with E-state index in [0.717, 1.165) is 28.0 Å². The molecule has 4 rings (SSSR count). The highest BCUT2D eigenvalue weighted by molar-refractivity contribution is 6.24. The van der Waals surface area contributed by atoms with Gasteiger partial charge in [-0.15, -0.1) is 0 Å². The van der Waals surface area contributed by atoms with Gasteiger partial charge in [0.2, 0.25) is 0 Å². The van der Waals surface area contributed by atoms with E-state index < -0.39 is 0 Å². The Labute approximate surface area is 139 Å². The highest BCUT2D eigenvalue weighted by atomic mass is 16.3. The van der Waals surface area contributed by atoms with Crippen molar-refractivity contribution >= 4 is 11.6 Å². The molecule has 3 aromatic carbocycles. The summed E-state index contributed by atoms with van der Waals surface area (Å²) in [6, 6.07) is 22.2. The molecule has 4 heteroatoms. The number of aromatic hydroxyl groups is 1. The standard InChI is InChI=1S/C20H14N2O2/c23-14-7-5-6-13(12-14)20(24)22-21-19-17-10-3-1-8-15(17)16-9-2-4-11-18(16)19/h1-12,23H,(H,22,24). The van der Waals surface area contributed by atoms with Crippen molar-refractivity contribution in [3.05, 3.63) is 89.5 Å². The van der Waals surface area contributed by atoms with Gasteiger partial charge in [-0.1, -0.05) is 54.6 Å². The first kappa shape index (κ1) is 14.2. The van der Waals surface area contributed by atoms with Crippen LogP contribution in [0.4, 0.5) is 0 Å². The number of phenolic OH excluding ortho intramolecular Hbond substituents is 1. The zero-order valence-corrected chi connectivity index (χ0v) is 12.7. The van der Waals surface area contributed by atoms with Crippen molar-refractivity contribution in [1.29, 1.82) is 0 Å². The third-order valence-corrected chi connectivity index (χ3v) is 4.03. The van der Waals surface area contributed by atoms with E-state index in [1.165, 1.54) is 12.1 Å². The summed E-state index contributed by atoms with van der Waals surface area (Å²) in [6.07, 6.45) is 0. The minimum Gasteiger partial charge on any atom is -0.508 e. The Hall–Kier alpha value is -3.40. The molecule has 0 aliphatic heterocycles. The maximum atomic E-state index is 12.2. The Kier molecular flexibility index (Phi) is 3.35. The largest absolute Gasteiger partial charge is 0.508 e. The molecule has 0 saturated heterocycles. The second-order valence-corrected chi connectivity index (χ2v) is 5.54.